The van der Waals surface area contributed by atoms with Gasteiger partial charge in [0.1, 0.15) is 5.76 Å². The van der Waals surface area contributed by atoms with Crippen LogP contribution in [-0.2, 0) is 12.8 Å². The summed E-state index contributed by atoms with van der Waals surface area (Å²) in [6.45, 7) is 6.34. The number of aryl methyl sites for hydroxylation is 3. The van der Waals surface area contributed by atoms with Crippen molar-refractivity contribution in [3.05, 3.63) is 17.3 Å². The molecule has 1 heterocycles. The van der Waals surface area contributed by atoms with Gasteiger partial charge in [0.25, 0.3) is 0 Å². The molecule has 0 atom stereocenters. The van der Waals surface area contributed by atoms with Crippen molar-refractivity contribution < 1.29 is 4.42 Å². The Bertz CT molecular complexity index is 265. The zero-order valence-corrected chi connectivity index (χ0v) is 9.60. The van der Waals surface area contributed by atoms with E-state index in [1.165, 1.54) is 25.7 Å². The van der Waals surface area contributed by atoms with Crippen molar-refractivity contribution in [2.75, 3.05) is 0 Å². The van der Waals surface area contributed by atoms with E-state index in [0.29, 0.717) is 0 Å². The second kappa shape index (κ2) is 5.84. The lowest BCUT2D eigenvalue weighted by molar-refractivity contribution is 0.459. The predicted octanol–water partition coefficient (Wildman–Crippen LogP) is 3.67. The molecular weight excluding hydrogens is 174 g/mol. The van der Waals surface area contributed by atoms with Gasteiger partial charge >= 0.3 is 0 Å². The van der Waals surface area contributed by atoms with E-state index in [9.17, 15) is 0 Å². The molecular formula is C12H21NO. The van der Waals surface area contributed by atoms with Gasteiger partial charge in [-0.2, -0.15) is 0 Å². The van der Waals surface area contributed by atoms with E-state index >= 15 is 0 Å². The van der Waals surface area contributed by atoms with Gasteiger partial charge in [-0.25, -0.2) is 4.98 Å². The maximum atomic E-state index is 5.57. The number of aromatic nitrogens is 1. The third-order valence-electron chi connectivity index (χ3n) is 2.52. The molecule has 80 valence electrons. The number of nitrogens with zero attached hydrogens (tertiary/aromatic N) is 1. The molecule has 1 aromatic rings. The van der Waals surface area contributed by atoms with Gasteiger partial charge in [0, 0.05) is 6.42 Å². The van der Waals surface area contributed by atoms with Crippen LogP contribution in [0, 0.1) is 6.92 Å². The average molecular weight is 195 g/mol. The molecule has 0 amide bonds. The van der Waals surface area contributed by atoms with Gasteiger partial charge in [0.2, 0.25) is 0 Å². The normalized spacial score (nSPS) is 10.8. The monoisotopic (exact) mass is 195 g/mol. The molecule has 14 heavy (non-hydrogen) atoms. The second-order valence-electron chi connectivity index (χ2n) is 3.77. The van der Waals surface area contributed by atoms with Crippen molar-refractivity contribution in [3.63, 3.8) is 0 Å². The average Bonchev–Trinajstić information content (AvgIpc) is 2.54. The van der Waals surface area contributed by atoms with Crippen LogP contribution < -0.4 is 0 Å². The highest BCUT2D eigenvalue weighted by atomic mass is 16.4. The summed E-state index contributed by atoms with van der Waals surface area (Å²) in [5, 5.41) is 0. The van der Waals surface area contributed by atoms with Crippen molar-refractivity contribution in [1.29, 1.82) is 0 Å². The highest BCUT2D eigenvalue weighted by molar-refractivity contribution is 5.07. The smallest absolute Gasteiger partial charge is 0.194 e. The summed E-state index contributed by atoms with van der Waals surface area (Å²) in [6.07, 6.45) is 7.08. The molecule has 0 N–H and O–H groups in total. The Morgan fingerprint density at radius 3 is 2.50 bits per heavy atom. The molecule has 0 aliphatic carbocycles. The number of rotatable bonds is 6. The molecule has 0 aliphatic heterocycles. The van der Waals surface area contributed by atoms with Crippen LogP contribution in [-0.4, -0.2) is 4.98 Å². The van der Waals surface area contributed by atoms with Crippen LogP contribution in [0.2, 0.25) is 0 Å². The fourth-order valence-electron chi connectivity index (χ4n) is 1.63. The van der Waals surface area contributed by atoms with Crippen LogP contribution >= 0.6 is 0 Å². The number of hydrogen-bond acceptors (Lipinski definition) is 2. The minimum atomic E-state index is 0.926. The lowest BCUT2D eigenvalue weighted by Crippen LogP contribution is -1.87. The summed E-state index contributed by atoms with van der Waals surface area (Å²) in [5.41, 5.74) is 1.12. The van der Waals surface area contributed by atoms with Crippen molar-refractivity contribution in [2.45, 2.75) is 59.3 Å². The van der Waals surface area contributed by atoms with Crippen molar-refractivity contribution >= 4 is 0 Å². The van der Waals surface area contributed by atoms with Gasteiger partial charge in [-0.3, -0.25) is 0 Å². The first kappa shape index (κ1) is 11.3. The van der Waals surface area contributed by atoms with Gasteiger partial charge < -0.3 is 4.42 Å². The summed E-state index contributed by atoms with van der Waals surface area (Å²) in [5.74, 6) is 1.92. The lowest BCUT2D eigenvalue weighted by atomic mass is 10.1. The summed E-state index contributed by atoms with van der Waals surface area (Å²) >= 11 is 0. The highest BCUT2D eigenvalue weighted by Gasteiger charge is 2.06. The Balaban J connectivity index is 2.35. The maximum absolute atomic E-state index is 5.57. The van der Waals surface area contributed by atoms with E-state index in [1.54, 1.807) is 0 Å². The first-order valence-electron chi connectivity index (χ1n) is 5.73. The summed E-state index contributed by atoms with van der Waals surface area (Å²) in [6, 6.07) is 0. The van der Waals surface area contributed by atoms with Crippen LogP contribution in [0.4, 0.5) is 0 Å². The van der Waals surface area contributed by atoms with Gasteiger partial charge in [-0.15, -0.1) is 0 Å². The van der Waals surface area contributed by atoms with Crippen LogP contribution in [0.15, 0.2) is 4.42 Å². The quantitative estimate of drug-likeness (QED) is 0.647. The third-order valence-corrected chi connectivity index (χ3v) is 2.52. The van der Waals surface area contributed by atoms with Gasteiger partial charge in [-0.1, -0.05) is 33.1 Å². The van der Waals surface area contributed by atoms with Crippen molar-refractivity contribution in [3.8, 4) is 0 Å². The molecule has 0 saturated heterocycles. The van der Waals surface area contributed by atoms with Crippen molar-refractivity contribution in [1.82, 2.24) is 4.98 Å². The molecule has 1 aromatic heterocycles. The van der Waals surface area contributed by atoms with Crippen molar-refractivity contribution in [2.24, 2.45) is 0 Å². The number of oxazole rings is 1. The Morgan fingerprint density at radius 1 is 1.14 bits per heavy atom. The van der Waals surface area contributed by atoms with Gasteiger partial charge in [0.15, 0.2) is 5.89 Å². The molecule has 0 unspecified atom stereocenters. The SMILES string of the molecule is CCCCCCc1nc(CC)c(C)o1. The number of hydrogen-bond donors (Lipinski definition) is 0. The zero-order valence-electron chi connectivity index (χ0n) is 9.60. The Kier molecular flexibility index (Phi) is 4.71. The van der Waals surface area contributed by atoms with E-state index in [2.05, 4.69) is 18.8 Å². The first-order chi connectivity index (χ1) is 6.77. The predicted molar refractivity (Wildman–Crippen MR) is 58.5 cm³/mol. The third kappa shape index (κ3) is 3.17. The second-order valence-corrected chi connectivity index (χ2v) is 3.77. The molecule has 0 saturated carbocycles. The maximum Gasteiger partial charge on any atom is 0.194 e. The summed E-state index contributed by atoms with van der Waals surface area (Å²) < 4.78 is 5.57. The van der Waals surface area contributed by atoms with Crippen LogP contribution in [0.3, 0.4) is 0 Å². The topological polar surface area (TPSA) is 26.0 Å². The zero-order chi connectivity index (χ0) is 10.4. The lowest BCUT2D eigenvalue weighted by Gasteiger charge is -1.94. The van der Waals surface area contributed by atoms with E-state index in [-0.39, 0.29) is 0 Å². The number of unbranched alkanes of at least 4 members (excludes halogenated alkanes) is 3. The largest absolute Gasteiger partial charge is 0.446 e. The summed E-state index contributed by atoms with van der Waals surface area (Å²) in [4.78, 5) is 4.46. The molecule has 2 nitrogen and oxygen atoms in total. The Morgan fingerprint density at radius 2 is 1.93 bits per heavy atom. The molecule has 0 radical (unpaired) electrons. The van der Waals surface area contributed by atoms with Gasteiger partial charge in [-0.05, 0) is 19.8 Å². The molecule has 0 aliphatic rings. The fraction of sp³-hybridized carbons (Fsp3) is 0.750. The summed E-state index contributed by atoms with van der Waals surface area (Å²) in [7, 11) is 0. The molecule has 0 aromatic carbocycles. The van der Waals surface area contributed by atoms with E-state index < -0.39 is 0 Å². The van der Waals surface area contributed by atoms with E-state index in [0.717, 1.165) is 30.2 Å². The van der Waals surface area contributed by atoms with Gasteiger partial charge in [0.05, 0.1) is 5.69 Å². The highest BCUT2D eigenvalue weighted by Crippen LogP contribution is 2.13. The van der Waals surface area contributed by atoms with E-state index in [4.69, 9.17) is 4.42 Å². The van der Waals surface area contributed by atoms with Crippen LogP contribution in [0.1, 0.15) is 56.9 Å². The first-order valence-corrected chi connectivity index (χ1v) is 5.73. The van der Waals surface area contributed by atoms with Crippen LogP contribution in [0.5, 0.6) is 0 Å². The molecule has 2 heteroatoms. The standard InChI is InChI=1S/C12H21NO/c1-4-6-7-8-9-12-13-11(5-2)10(3)14-12/h4-9H2,1-3H3. The van der Waals surface area contributed by atoms with Crippen LogP contribution in [0.25, 0.3) is 0 Å². The minimum Gasteiger partial charge on any atom is -0.446 e. The molecule has 0 spiro atoms. The molecule has 1 rings (SSSR count). The Labute approximate surface area is 86.7 Å². The van der Waals surface area contributed by atoms with E-state index in [1.807, 2.05) is 6.92 Å². The fourth-order valence-corrected chi connectivity index (χ4v) is 1.63. The molecule has 0 fully saturated rings. The molecule has 0 bridgehead atoms. The minimum absolute atomic E-state index is 0.926. The Hall–Kier alpha value is -0.790.